The van der Waals surface area contributed by atoms with E-state index < -0.39 is 9.84 Å². The molecule has 0 unspecified atom stereocenters. The molecular formula is C18H24O2S. The van der Waals surface area contributed by atoms with Crippen molar-refractivity contribution in [2.24, 2.45) is 0 Å². The number of hydrogen-bond acceptors (Lipinski definition) is 2. The highest BCUT2D eigenvalue weighted by Crippen LogP contribution is 2.19. The van der Waals surface area contributed by atoms with Crippen LogP contribution in [0.3, 0.4) is 0 Å². The third-order valence-corrected chi connectivity index (χ3v) is 5.08. The van der Waals surface area contributed by atoms with Gasteiger partial charge in [0, 0.05) is 4.91 Å². The Hall–Kier alpha value is -1.61. The largest absolute Gasteiger partial charge is 0.219 e. The van der Waals surface area contributed by atoms with Gasteiger partial charge in [-0.15, -0.1) is 0 Å². The molecule has 21 heavy (non-hydrogen) atoms. The third-order valence-electron chi connectivity index (χ3n) is 3.17. The highest BCUT2D eigenvalue weighted by atomic mass is 32.2. The van der Waals surface area contributed by atoms with Gasteiger partial charge < -0.3 is 0 Å². The molecule has 0 fully saturated rings. The first-order valence-electron chi connectivity index (χ1n) is 7.33. The van der Waals surface area contributed by atoms with E-state index in [2.05, 4.69) is 6.08 Å². The summed E-state index contributed by atoms with van der Waals surface area (Å²) in [5.74, 6) is 0. The van der Waals surface area contributed by atoms with E-state index in [1.807, 2.05) is 37.3 Å². The Bertz CT molecular complexity index is 593. The Kier molecular flexibility index (Phi) is 7.76. The van der Waals surface area contributed by atoms with E-state index in [-0.39, 0.29) is 0 Å². The van der Waals surface area contributed by atoms with Crippen LogP contribution in [0, 0.1) is 0 Å². The van der Waals surface area contributed by atoms with Crippen LogP contribution < -0.4 is 0 Å². The average Bonchev–Trinajstić information content (AvgIpc) is 2.50. The van der Waals surface area contributed by atoms with Crippen LogP contribution in [0.1, 0.15) is 39.5 Å². The van der Waals surface area contributed by atoms with Gasteiger partial charge in [0.05, 0.1) is 4.90 Å². The van der Waals surface area contributed by atoms with Gasteiger partial charge >= 0.3 is 0 Å². The highest BCUT2D eigenvalue weighted by Gasteiger charge is 2.15. The Morgan fingerprint density at radius 2 is 1.71 bits per heavy atom. The van der Waals surface area contributed by atoms with Gasteiger partial charge in [-0.1, -0.05) is 48.6 Å². The van der Waals surface area contributed by atoms with Crippen molar-refractivity contribution >= 4 is 9.84 Å². The number of sulfone groups is 1. The van der Waals surface area contributed by atoms with Gasteiger partial charge in [-0.05, 0) is 51.7 Å². The van der Waals surface area contributed by atoms with Gasteiger partial charge in [0.25, 0.3) is 0 Å². The Morgan fingerprint density at radius 1 is 1.05 bits per heavy atom. The monoisotopic (exact) mass is 304 g/mol. The minimum atomic E-state index is -3.31. The van der Waals surface area contributed by atoms with Crippen molar-refractivity contribution in [2.75, 3.05) is 0 Å². The van der Waals surface area contributed by atoms with Gasteiger partial charge in [0.1, 0.15) is 0 Å². The van der Waals surface area contributed by atoms with Crippen molar-refractivity contribution in [1.29, 1.82) is 0 Å². The van der Waals surface area contributed by atoms with E-state index >= 15 is 0 Å². The van der Waals surface area contributed by atoms with Crippen LogP contribution in [-0.2, 0) is 9.84 Å². The maximum atomic E-state index is 12.3. The summed E-state index contributed by atoms with van der Waals surface area (Å²) in [5.41, 5.74) is 0. The average molecular weight is 304 g/mol. The fourth-order valence-electron chi connectivity index (χ4n) is 1.89. The lowest BCUT2D eigenvalue weighted by atomic mass is 10.2. The number of hydrogen-bond donors (Lipinski definition) is 0. The van der Waals surface area contributed by atoms with E-state index in [0.29, 0.717) is 9.80 Å². The normalized spacial score (nSPS) is 13.3. The lowest BCUT2D eigenvalue weighted by Gasteiger charge is -2.04. The molecule has 0 N–H and O–H groups in total. The predicted molar refractivity (Wildman–Crippen MR) is 89.8 cm³/mol. The Labute approximate surface area is 128 Å². The summed E-state index contributed by atoms with van der Waals surface area (Å²) in [6, 6.07) is 8.59. The molecule has 0 aliphatic heterocycles. The number of rotatable bonds is 8. The number of benzene rings is 1. The smallest absolute Gasteiger partial charge is 0.202 e. The minimum absolute atomic E-state index is 0.369. The predicted octanol–water partition coefficient (Wildman–Crippen LogP) is 5.06. The molecule has 114 valence electrons. The van der Waals surface area contributed by atoms with Crippen molar-refractivity contribution in [3.8, 4) is 0 Å². The summed E-state index contributed by atoms with van der Waals surface area (Å²) in [7, 11) is -3.31. The molecule has 0 aliphatic rings. The van der Waals surface area contributed by atoms with Crippen LogP contribution in [0.15, 0.2) is 70.5 Å². The molecule has 0 saturated heterocycles. The molecule has 1 aromatic rings. The summed E-state index contributed by atoms with van der Waals surface area (Å²) in [5, 5.41) is 0. The van der Waals surface area contributed by atoms with Crippen LogP contribution >= 0.6 is 0 Å². The lowest BCUT2D eigenvalue weighted by molar-refractivity contribution is 0.601. The standard InChI is InChI=1S/C18H24O2S/c1-3-4-5-6-7-8-9-11-14-17(2)21(19,20)18-15-12-10-13-16-18/h3-6,10,12-16H,7-9,11H2,1-2H3/b4-3+,6-5+,17-14+. The zero-order valence-electron chi connectivity index (χ0n) is 12.8. The van der Waals surface area contributed by atoms with E-state index in [1.165, 1.54) is 0 Å². The van der Waals surface area contributed by atoms with Gasteiger partial charge in [-0.3, -0.25) is 0 Å². The van der Waals surface area contributed by atoms with E-state index in [1.54, 1.807) is 31.2 Å². The molecule has 0 amide bonds. The first-order valence-corrected chi connectivity index (χ1v) is 8.82. The molecule has 0 saturated carbocycles. The summed E-state index contributed by atoms with van der Waals surface area (Å²) >= 11 is 0. The maximum absolute atomic E-state index is 12.3. The second kappa shape index (κ2) is 9.35. The van der Waals surface area contributed by atoms with Gasteiger partial charge in [0.15, 0.2) is 0 Å². The molecule has 1 aromatic carbocycles. The quantitative estimate of drug-likeness (QED) is 0.497. The summed E-state index contributed by atoms with van der Waals surface area (Å²) in [6.07, 6.45) is 13.9. The second-order valence-electron chi connectivity index (χ2n) is 4.87. The third kappa shape index (κ3) is 6.13. The fourth-order valence-corrected chi connectivity index (χ4v) is 3.12. The molecule has 1 rings (SSSR count). The molecule has 0 spiro atoms. The van der Waals surface area contributed by atoms with Gasteiger partial charge in [-0.2, -0.15) is 0 Å². The van der Waals surface area contributed by atoms with Crippen LogP contribution in [0.4, 0.5) is 0 Å². The molecule has 0 heterocycles. The Morgan fingerprint density at radius 3 is 2.38 bits per heavy atom. The van der Waals surface area contributed by atoms with Gasteiger partial charge in [0.2, 0.25) is 9.84 Å². The van der Waals surface area contributed by atoms with Crippen molar-refractivity contribution in [1.82, 2.24) is 0 Å². The molecule has 0 aromatic heterocycles. The van der Waals surface area contributed by atoms with Crippen molar-refractivity contribution in [2.45, 2.75) is 44.4 Å². The first-order chi connectivity index (χ1) is 10.1. The number of unbranched alkanes of at least 4 members (excludes halogenated alkanes) is 3. The maximum Gasteiger partial charge on any atom is 0.202 e. The van der Waals surface area contributed by atoms with Crippen molar-refractivity contribution in [3.05, 3.63) is 65.6 Å². The van der Waals surface area contributed by atoms with Crippen molar-refractivity contribution < 1.29 is 8.42 Å². The first kappa shape index (κ1) is 17.4. The summed E-state index contributed by atoms with van der Waals surface area (Å²) in [6.45, 7) is 3.67. The summed E-state index contributed by atoms with van der Waals surface area (Å²) < 4.78 is 24.6. The molecule has 2 nitrogen and oxygen atoms in total. The fraction of sp³-hybridized carbons (Fsp3) is 0.333. The summed E-state index contributed by atoms with van der Waals surface area (Å²) in [4.78, 5) is 0.811. The molecule has 0 radical (unpaired) electrons. The van der Waals surface area contributed by atoms with Crippen LogP contribution in [-0.4, -0.2) is 8.42 Å². The second-order valence-corrected chi connectivity index (χ2v) is 6.99. The highest BCUT2D eigenvalue weighted by molar-refractivity contribution is 7.95. The van der Waals surface area contributed by atoms with Crippen molar-refractivity contribution in [3.63, 3.8) is 0 Å². The zero-order valence-corrected chi connectivity index (χ0v) is 13.6. The zero-order chi connectivity index (χ0) is 15.6. The van der Waals surface area contributed by atoms with Crippen LogP contribution in [0.25, 0.3) is 0 Å². The van der Waals surface area contributed by atoms with E-state index in [0.717, 1.165) is 25.7 Å². The van der Waals surface area contributed by atoms with E-state index in [4.69, 9.17) is 0 Å². The molecular weight excluding hydrogens is 280 g/mol. The molecule has 3 heteroatoms. The van der Waals surface area contributed by atoms with E-state index in [9.17, 15) is 8.42 Å². The molecule has 0 atom stereocenters. The minimum Gasteiger partial charge on any atom is -0.219 e. The molecule has 0 bridgehead atoms. The Balaban J connectivity index is 2.46. The van der Waals surface area contributed by atoms with Crippen LogP contribution in [0.5, 0.6) is 0 Å². The topological polar surface area (TPSA) is 34.1 Å². The van der Waals surface area contributed by atoms with Gasteiger partial charge in [-0.25, -0.2) is 8.42 Å². The van der Waals surface area contributed by atoms with Crippen LogP contribution in [0.2, 0.25) is 0 Å². The SMILES string of the molecule is C/C=C/C=C/CCCC/C=C(\C)S(=O)(=O)c1ccccc1. The molecule has 0 aliphatic carbocycles. The number of allylic oxidation sites excluding steroid dienone is 6. The lowest BCUT2D eigenvalue weighted by Crippen LogP contribution is -2.02.